The van der Waals surface area contributed by atoms with Gasteiger partial charge in [-0.25, -0.2) is 4.79 Å². The van der Waals surface area contributed by atoms with Crippen molar-refractivity contribution < 1.29 is 24.6 Å². The van der Waals surface area contributed by atoms with Crippen molar-refractivity contribution in [1.29, 1.82) is 0 Å². The number of Topliss-reactive ketones (excluding diaryl/α,β-unsaturated/α-hetero) is 2. The Morgan fingerprint density at radius 2 is 2.11 bits per heavy atom. The van der Waals surface area contributed by atoms with E-state index in [1.165, 1.54) is 6.08 Å². The van der Waals surface area contributed by atoms with Gasteiger partial charge in [0.1, 0.15) is 0 Å². The minimum atomic E-state index is -1.39. The summed E-state index contributed by atoms with van der Waals surface area (Å²) in [7, 11) is 0. The minimum Gasteiger partial charge on any atom is -0.476 e. The molecule has 0 saturated carbocycles. The topological polar surface area (TPSA) is 91.7 Å². The molecule has 98 valence electrons. The largest absolute Gasteiger partial charge is 0.476 e. The Morgan fingerprint density at radius 3 is 2.67 bits per heavy atom. The van der Waals surface area contributed by atoms with E-state index in [9.17, 15) is 19.5 Å². The first-order valence-corrected chi connectivity index (χ1v) is 5.86. The molecule has 18 heavy (non-hydrogen) atoms. The second-order valence-electron chi connectivity index (χ2n) is 4.19. The van der Waals surface area contributed by atoms with Crippen LogP contribution in [0.15, 0.2) is 23.8 Å². The van der Waals surface area contributed by atoms with Crippen LogP contribution in [-0.4, -0.2) is 33.9 Å². The third-order valence-corrected chi connectivity index (χ3v) is 2.65. The van der Waals surface area contributed by atoms with Gasteiger partial charge in [0.25, 0.3) is 0 Å². The summed E-state index contributed by atoms with van der Waals surface area (Å²) in [6.07, 6.45) is 6.39. The molecule has 0 aliphatic heterocycles. The molecule has 1 aliphatic rings. The second-order valence-corrected chi connectivity index (χ2v) is 4.19. The lowest BCUT2D eigenvalue weighted by molar-refractivity contribution is -0.149. The van der Waals surface area contributed by atoms with Crippen LogP contribution < -0.4 is 0 Å². The van der Waals surface area contributed by atoms with Gasteiger partial charge in [-0.3, -0.25) is 9.59 Å². The number of allylic oxidation sites excluding steroid dienone is 3. The molecule has 2 N–H and O–H groups in total. The number of aliphatic carboxylic acids is 1. The summed E-state index contributed by atoms with van der Waals surface area (Å²) < 4.78 is 0. The molecule has 5 heteroatoms. The first-order valence-electron chi connectivity index (χ1n) is 5.86. The SMILES string of the molecule is O=C(O)C(=O)CCCC/C=C\C1=CC(O)CC1=O. The predicted molar refractivity (Wildman–Crippen MR) is 64.0 cm³/mol. The lowest BCUT2D eigenvalue weighted by Gasteiger charge is -1.95. The van der Waals surface area contributed by atoms with Crippen molar-refractivity contribution in [3.8, 4) is 0 Å². The minimum absolute atomic E-state index is 0.0452. The molecule has 0 saturated heterocycles. The summed E-state index contributed by atoms with van der Waals surface area (Å²) in [6, 6.07) is 0. The van der Waals surface area contributed by atoms with Crippen LogP contribution in [0.1, 0.15) is 32.1 Å². The molecule has 1 unspecified atom stereocenters. The fourth-order valence-corrected chi connectivity index (χ4v) is 1.68. The number of hydrogen-bond donors (Lipinski definition) is 2. The number of carboxylic acids is 1. The fraction of sp³-hybridized carbons (Fsp3) is 0.462. The lowest BCUT2D eigenvalue weighted by atomic mass is 10.1. The van der Waals surface area contributed by atoms with Crippen molar-refractivity contribution in [2.24, 2.45) is 0 Å². The number of unbranched alkanes of at least 4 members (excludes halogenated alkanes) is 2. The molecule has 0 aromatic heterocycles. The van der Waals surface area contributed by atoms with E-state index in [0.29, 0.717) is 24.8 Å². The highest BCUT2D eigenvalue weighted by Gasteiger charge is 2.19. The second kappa shape index (κ2) is 6.86. The summed E-state index contributed by atoms with van der Waals surface area (Å²) in [4.78, 5) is 32.3. The summed E-state index contributed by atoms with van der Waals surface area (Å²) >= 11 is 0. The molecule has 1 rings (SSSR count). The number of carbonyl (C=O) groups excluding carboxylic acids is 2. The Hall–Kier alpha value is -1.75. The van der Waals surface area contributed by atoms with Crippen molar-refractivity contribution in [3.63, 3.8) is 0 Å². The Kier molecular flexibility index (Phi) is 5.45. The van der Waals surface area contributed by atoms with Crippen LogP contribution in [0.4, 0.5) is 0 Å². The Morgan fingerprint density at radius 1 is 1.39 bits per heavy atom. The van der Waals surface area contributed by atoms with Crippen molar-refractivity contribution >= 4 is 17.5 Å². The van der Waals surface area contributed by atoms with Crippen LogP contribution in [0.25, 0.3) is 0 Å². The standard InChI is InChI=1S/C13H16O5/c14-10-7-9(12(16)8-10)5-3-1-2-4-6-11(15)13(17)18/h3,5,7,10,14H,1-2,4,6,8H2,(H,17,18)/b5-3-. The normalized spacial score (nSPS) is 19.3. The zero-order chi connectivity index (χ0) is 13.5. The van der Waals surface area contributed by atoms with E-state index in [4.69, 9.17) is 5.11 Å². The maximum Gasteiger partial charge on any atom is 0.372 e. The zero-order valence-corrected chi connectivity index (χ0v) is 9.96. The van der Waals surface area contributed by atoms with Gasteiger partial charge in [0.2, 0.25) is 5.78 Å². The van der Waals surface area contributed by atoms with Crippen LogP contribution in [-0.2, 0) is 14.4 Å². The summed E-state index contributed by atoms with van der Waals surface area (Å²) in [6.45, 7) is 0. The van der Waals surface area contributed by atoms with Crippen molar-refractivity contribution in [2.45, 2.75) is 38.2 Å². The highest BCUT2D eigenvalue weighted by atomic mass is 16.4. The molecule has 5 nitrogen and oxygen atoms in total. The Balaban J connectivity index is 2.19. The molecule has 0 heterocycles. The van der Waals surface area contributed by atoms with Crippen LogP contribution in [0.2, 0.25) is 0 Å². The highest BCUT2D eigenvalue weighted by Crippen LogP contribution is 2.16. The third kappa shape index (κ3) is 4.63. The molecular formula is C13H16O5. The number of carboxylic acid groups (broad SMARTS) is 1. The van der Waals surface area contributed by atoms with Crippen LogP contribution >= 0.6 is 0 Å². The van der Waals surface area contributed by atoms with E-state index in [1.807, 2.05) is 0 Å². The molecule has 0 aromatic carbocycles. The first-order chi connectivity index (χ1) is 8.50. The maximum absolute atomic E-state index is 11.3. The van der Waals surface area contributed by atoms with Crippen molar-refractivity contribution in [2.75, 3.05) is 0 Å². The predicted octanol–water partition coefficient (Wildman–Crippen LogP) is 1.02. The van der Waals surface area contributed by atoms with E-state index in [1.54, 1.807) is 12.2 Å². The fourth-order valence-electron chi connectivity index (χ4n) is 1.68. The monoisotopic (exact) mass is 252 g/mol. The molecule has 0 bridgehead atoms. The maximum atomic E-state index is 11.3. The lowest BCUT2D eigenvalue weighted by Crippen LogP contribution is -2.11. The van der Waals surface area contributed by atoms with E-state index in [0.717, 1.165) is 0 Å². The van der Waals surface area contributed by atoms with Crippen LogP contribution in [0.5, 0.6) is 0 Å². The first kappa shape index (κ1) is 14.3. The highest BCUT2D eigenvalue weighted by molar-refractivity contribution is 6.32. The van der Waals surface area contributed by atoms with Gasteiger partial charge in [-0.15, -0.1) is 0 Å². The quantitative estimate of drug-likeness (QED) is 0.521. The van der Waals surface area contributed by atoms with Crippen LogP contribution in [0, 0.1) is 0 Å². The van der Waals surface area contributed by atoms with Gasteiger partial charge in [-0.1, -0.05) is 12.2 Å². The number of aliphatic hydroxyl groups is 1. The average Bonchev–Trinajstić information content (AvgIpc) is 2.61. The van der Waals surface area contributed by atoms with Gasteiger partial charge in [-0.2, -0.15) is 0 Å². The van der Waals surface area contributed by atoms with Gasteiger partial charge in [0.15, 0.2) is 5.78 Å². The summed E-state index contributed by atoms with van der Waals surface area (Å²) in [5.74, 6) is -2.23. The molecule has 0 fully saturated rings. The third-order valence-electron chi connectivity index (χ3n) is 2.65. The molecule has 1 aliphatic carbocycles. The summed E-state index contributed by atoms with van der Waals surface area (Å²) in [5.41, 5.74) is 0.518. The molecule has 0 spiro atoms. The average molecular weight is 252 g/mol. The van der Waals surface area contributed by atoms with Crippen molar-refractivity contribution in [3.05, 3.63) is 23.8 Å². The molecule has 0 aromatic rings. The van der Waals surface area contributed by atoms with Gasteiger partial charge in [0.05, 0.1) is 6.10 Å². The number of ketones is 2. The zero-order valence-electron chi connectivity index (χ0n) is 9.96. The molecule has 0 radical (unpaired) electrons. The molecule has 0 amide bonds. The molecular weight excluding hydrogens is 236 g/mol. The number of hydrogen-bond acceptors (Lipinski definition) is 4. The van der Waals surface area contributed by atoms with Gasteiger partial charge in [0, 0.05) is 18.4 Å². The Bertz CT molecular complexity index is 406. The van der Waals surface area contributed by atoms with Crippen LogP contribution in [0.3, 0.4) is 0 Å². The smallest absolute Gasteiger partial charge is 0.372 e. The number of rotatable bonds is 7. The van der Waals surface area contributed by atoms with Gasteiger partial charge >= 0.3 is 5.97 Å². The number of carbonyl (C=O) groups is 3. The van der Waals surface area contributed by atoms with Gasteiger partial charge < -0.3 is 10.2 Å². The molecule has 1 atom stereocenters. The van der Waals surface area contributed by atoms with E-state index >= 15 is 0 Å². The Labute approximate surface area is 105 Å². The van der Waals surface area contributed by atoms with E-state index in [-0.39, 0.29) is 18.6 Å². The van der Waals surface area contributed by atoms with E-state index in [2.05, 4.69) is 0 Å². The van der Waals surface area contributed by atoms with Gasteiger partial charge in [-0.05, 0) is 25.3 Å². The van der Waals surface area contributed by atoms with E-state index < -0.39 is 17.9 Å². The number of aliphatic hydroxyl groups excluding tert-OH is 1. The summed E-state index contributed by atoms with van der Waals surface area (Å²) in [5, 5.41) is 17.5. The van der Waals surface area contributed by atoms with Crippen molar-refractivity contribution in [1.82, 2.24) is 0 Å².